The number of benzene rings is 1. The molecule has 0 spiro atoms. The first-order valence-electron chi connectivity index (χ1n) is 7.89. The highest BCUT2D eigenvalue weighted by Gasteiger charge is 2.11. The number of imidazole rings is 1. The second-order valence-electron chi connectivity index (χ2n) is 5.38. The van der Waals surface area contributed by atoms with Gasteiger partial charge in [0.1, 0.15) is 5.82 Å². The van der Waals surface area contributed by atoms with Crippen LogP contribution in [0.15, 0.2) is 66.1 Å². The summed E-state index contributed by atoms with van der Waals surface area (Å²) in [6, 6.07) is 16.1. The van der Waals surface area contributed by atoms with Gasteiger partial charge in [-0.25, -0.2) is 14.5 Å². The Kier molecular flexibility index (Phi) is 4.04. The number of fused-ring (bicyclic) bond motifs is 1. The molecule has 0 aliphatic heterocycles. The predicted octanol–water partition coefficient (Wildman–Crippen LogP) is 3.91. The molecule has 0 radical (unpaired) electrons. The first kappa shape index (κ1) is 15.0. The van der Waals surface area contributed by atoms with Crippen LogP contribution in [0.3, 0.4) is 0 Å². The zero-order valence-electron chi connectivity index (χ0n) is 13.3. The van der Waals surface area contributed by atoms with E-state index in [9.17, 15) is 0 Å². The topological polar surface area (TPSA) is 48.0 Å². The van der Waals surface area contributed by atoms with Gasteiger partial charge in [0.2, 0.25) is 5.16 Å². The van der Waals surface area contributed by atoms with E-state index in [2.05, 4.69) is 39.9 Å². The molecule has 0 bridgehead atoms. The van der Waals surface area contributed by atoms with Crippen molar-refractivity contribution in [3.8, 4) is 11.3 Å². The molecule has 0 N–H and O–H groups in total. The number of nitrogens with zero attached hydrogens (tertiary/aromatic N) is 5. The maximum atomic E-state index is 4.80. The average Bonchev–Trinajstić information content (AvgIpc) is 3.24. The summed E-state index contributed by atoms with van der Waals surface area (Å²) in [5.41, 5.74) is 3.02. The molecule has 24 heavy (non-hydrogen) atoms. The summed E-state index contributed by atoms with van der Waals surface area (Å²) in [7, 11) is 0. The van der Waals surface area contributed by atoms with E-state index >= 15 is 0 Å². The second kappa shape index (κ2) is 6.49. The van der Waals surface area contributed by atoms with Gasteiger partial charge in [0.25, 0.3) is 0 Å². The summed E-state index contributed by atoms with van der Waals surface area (Å²) >= 11 is 1.61. The van der Waals surface area contributed by atoms with E-state index in [-0.39, 0.29) is 0 Å². The maximum absolute atomic E-state index is 4.80. The Hall–Kier alpha value is -2.60. The lowest BCUT2D eigenvalue weighted by Crippen LogP contribution is -1.99. The largest absolute Gasteiger partial charge is 0.334 e. The average molecular weight is 335 g/mol. The van der Waals surface area contributed by atoms with Crippen LogP contribution in [0.5, 0.6) is 0 Å². The maximum Gasteiger partial charge on any atom is 0.209 e. The number of aryl methyl sites for hydroxylation is 1. The molecule has 0 fully saturated rings. The van der Waals surface area contributed by atoms with E-state index in [0.29, 0.717) is 0 Å². The van der Waals surface area contributed by atoms with E-state index in [1.54, 1.807) is 16.3 Å². The normalized spacial score (nSPS) is 11.2. The summed E-state index contributed by atoms with van der Waals surface area (Å²) in [5, 5.41) is 5.25. The molecule has 0 aliphatic rings. The van der Waals surface area contributed by atoms with Gasteiger partial charge in [-0.2, -0.15) is 0 Å². The van der Waals surface area contributed by atoms with Crippen LogP contribution >= 0.6 is 11.8 Å². The van der Waals surface area contributed by atoms with Crippen molar-refractivity contribution in [2.45, 2.75) is 24.4 Å². The third kappa shape index (κ3) is 2.92. The number of hydrogen-bond acceptors (Lipinski definition) is 4. The van der Waals surface area contributed by atoms with Crippen molar-refractivity contribution < 1.29 is 0 Å². The fraction of sp³-hybridized carbons (Fsp3) is 0.167. The Morgan fingerprint density at radius 2 is 1.83 bits per heavy atom. The van der Waals surface area contributed by atoms with E-state index in [0.717, 1.165) is 40.2 Å². The van der Waals surface area contributed by atoms with Gasteiger partial charge in [-0.3, -0.25) is 0 Å². The molecule has 4 rings (SSSR count). The lowest BCUT2D eigenvalue weighted by atomic mass is 10.2. The van der Waals surface area contributed by atoms with Crippen molar-refractivity contribution in [2.24, 2.45) is 0 Å². The number of hydrogen-bond donors (Lipinski definition) is 0. The smallest absolute Gasteiger partial charge is 0.209 e. The molecular weight excluding hydrogens is 318 g/mol. The van der Waals surface area contributed by atoms with Crippen LogP contribution in [0, 0.1) is 0 Å². The first-order valence-corrected chi connectivity index (χ1v) is 8.87. The van der Waals surface area contributed by atoms with Gasteiger partial charge in [-0.1, -0.05) is 48.2 Å². The number of rotatable bonds is 5. The van der Waals surface area contributed by atoms with Crippen LogP contribution in [-0.2, 0) is 12.3 Å². The Morgan fingerprint density at radius 3 is 2.62 bits per heavy atom. The minimum absolute atomic E-state index is 0.748. The van der Waals surface area contributed by atoms with E-state index < -0.39 is 0 Å². The molecule has 0 amide bonds. The van der Waals surface area contributed by atoms with Crippen molar-refractivity contribution >= 4 is 17.4 Å². The molecule has 0 saturated heterocycles. The molecule has 4 aromatic rings. The van der Waals surface area contributed by atoms with Crippen molar-refractivity contribution in [3.05, 3.63) is 66.7 Å². The summed E-state index contributed by atoms with van der Waals surface area (Å²) in [5.74, 6) is 1.79. The van der Waals surface area contributed by atoms with Crippen LogP contribution in [-0.4, -0.2) is 24.1 Å². The summed E-state index contributed by atoms with van der Waals surface area (Å²) in [6.45, 7) is 3.03. The van der Waals surface area contributed by atoms with Crippen LogP contribution in [0.2, 0.25) is 0 Å². The van der Waals surface area contributed by atoms with Crippen LogP contribution in [0.4, 0.5) is 0 Å². The van der Waals surface area contributed by atoms with Crippen LogP contribution in [0.25, 0.3) is 16.9 Å². The van der Waals surface area contributed by atoms with Crippen LogP contribution in [0.1, 0.15) is 12.7 Å². The van der Waals surface area contributed by atoms with Gasteiger partial charge in [0, 0.05) is 24.5 Å². The highest BCUT2D eigenvalue weighted by atomic mass is 32.2. The molecule has 5 nitrogen and oxygen atoms in total. The van der Waals surface area contributed by atoms with Crippen LogP contribution < -0.4 is 0 Å². The molecule has 0 aliphatic carbocycles. The Morgan fingerprint density at radius 1 is 1.00 bits per heavy atom. The highest BCUT2D eigenvalue weighted by Crippen LogP contribution is 2.23. The first-order chi connectivity index (χ1) is 11.8. The van der Waals surface area contributed by atoms with Crippen molar-refractivity contribution in [3.63, 3.8) is 0 Å². The molecule has 3 heterocycles. The molecule has 0 saturated carbocycles. The van der Waals surface area contributed by atoms with Gasteiger partial charge in [-0.15, -0.1) is 5.10 Å². The summed E-state index contributed by atoms with van der Waals surface area (Å²) in [4.78, 5) is 9.33. The zero-order chi connectivity index (χ0) is 16.4. The Bertz CT molecular complexity index is 925. The lowest BCUT2D eigenvalue weighted by molar-refractivity contribution is 0.725. The molecule has 1 aromatic carbocycles. The van der Waals surface area contributed by atoms with Crippen molar-refractivity contribution in [2.75, 3.05) is 0 Å². The Labute approximate surface area is 144 Å². The van der Waals surface area contributed by atoms with Crippen molar-refractivity contribution in [1.29, 1.82) is 0 Å². The number of aromatic nitrogens is 5. The molecule has 0 unspecified atom stereocenters. The summed E-state index contributed by atoms with van der Waals surface area (Å²) in [6.07, 6.45) is 4.02. The molecule has 3 aromatic heterocycles. The lowest BCUT2D eigenvalue weighted by Gasteiger charge is -2.01. The van der Waals surface area contributed by atoms with E-state index in [4.69, 9.17) is 4.98 Å². The zero-order valence-corrected chi connectivity index (χ0v) is 14.1. The number of pyridine rings is 1. The molecular formula is C18H17N5S. The highest BCUT2D eigenvalue weighted by molar-refractivity contribution is 7.98. The third-order valence-corrected chi connectivity index (χ3v) is 4.66. The molecule has 120 valence electrons. The SMILES string of the molecule is CCn1cc(-c2ccccc2)nc1CSc1nc2ccccn2n1. The fourth-order valence-electron chi connectivity index (χ4n) is 2.59. The third-order valence-electron chi connectivity index (χ3n) is 3.82. The van der Waals surface area contributed by atoms with E-state index in [1.165, 1.54) is 0 Å². The van der Waals surface area contributed by atoms with Gasteiger partial charge in [-0.05, 0) is 19.1 Å². The summed E-state index contributed by atoms with van der Waals surface area (Å²) < 4.78 is 3.98. The fourth-order valence-corrected chi connectivity index (χ4v) is 3.38. The molecule has 6 heteroatoms. The standard InChI is InChI=1S/C18H17N5S/c1-2-22-12-15(14-8-4-3-5-9-14)19-17(22)13-24-18-20-16-10-6-7-11-23(16)21-18/h3-12H,2,13H2,1H3. The monoisotopic (exact) mass is 335 g/mol. The van der Waals surface area contributed by atoms with Crippen molar-refractivity contribution in [1.82, 2.24) is 24.1 Å². The van der Waals surface area contributed by atoms with E-state index in [1.807, 2.05) is 42.6 Å². The van der Waals surface area contributed by atoms with Gasteiger partial charge in [0.15, 0.2) is 5.65 Å². The molecule has 0 atom stereocenters. The van der Waals surface area contributed by atoms with Gasteiger partial charge < -0.3 is 4.57 Å². The second-order valence-corrected chi connectivity index (χ2v) is 6.32. The number of thioether (sulfide) groups is 1. The Balaban J connectivity index is 1.56. The minimum Gasteiger partial charge on any atom is -0.334 e. The quantitative estimate of drug-likeness (QED) is 0.519. The predicted molar refractivity (Wildman–Crippen MR) is 95.9 cm³/mol. The minimum atomic E-state index is 0.748. The van der Waals surface area contributed by atoms with Gasteiger partial charge >= 0.3 is 0 Å². The van der Waals surface area contributed by atoms with Gasteiger partial charge in [0.05, 0.1) is 11.4 Å².